The van der Waals surface area contributed by atoms with E-state index in [1.807, 2.05) is 55.5 Å². The highest BCUT2D eigenvalue weighted by Crippen LogP contribution is 2.36. The van der Waals surface area contributed by atoms with Gasteiger partial charge < -0.3 is 10.3 Å². The molecule has 0 saturated heterocycles. The second kappa shape index (κ2) is 5.02. The molecule has 1 aromatic heterocycles. The van der Waals surface area contributed by atoms with Crippen molar-refractivity contribution >= 4 is 17.5 Å². The maximum atomic E-state index is 5.92. The summed E-state index contributed by atoms with van der Waals surface area (Å²) in [6.07, 6.45) is 0. The van der Waals surface area contributed by atoms with E-state index in [4.69, 9.17) is 21.9 Å². The molecule has 0 aliphatic heterocycles. The number of benzene rings is 2. The van der Waals surface area contributed by atoms with E-state index < -0.39 is 0 Å². The Bertz CT molecular complexity index is 730. The van der Waals surface area contributed by atoms with Crippen LogP contribution in [0.25, 0.3) is 22.4 Å². The molecule has 3 nitrogen and oxygen atoms in total. The summed E-state index contributed by atoms with van der Waals surface area (Å²) in [5.41, 5.74) is 10.6. The fraction of sp³-hybridized carbons (Fsp3) is 0.0625. The van der Waals surface area contributed by atoms with Gasteiger partial charge in [-0.15, -0.1) is 0 Å². The van der Waals surface area contributed by atoms with Crippen LogP contribution in [-0.2, 0) is 0 Å². The molecule has 20 heavy (non-hydrogen) atoms. The van der Waals surface area contributed by atoms with Crippen LogP contribution >= 0.6 is 11.6 Å². The van der Waals surface area contributed by atoms with E-state index >= 15 is 0 Å². The molecule has 0 saturated carbocycles. The van der Waals surface area contributed by atoms with Crippen LogP contribution < -0.4 is 5.73 Å². The van der Waals surface area contributed by atoms with Crippen molar-refractivity contribution in [1.82, 2.24) is 5.16 Å². The van der Waals surface area contributed by atoms with Gasteiger partial charge in [-0.05, 0) is 24.6 Å². The Morgan fingerprint density at radius 3 is 2.20 bits per heavy atom. The number of aromatic nitrogens is 1. The van der Waals surface area contributed by atoms with Crippen molar-refractivity contribution in [3.8, 4) is 22.4 Å². The third-order valence-corrected chi connectivity index (χ3v) is 3.43. The number of nitrogen functional groups attached to an aromatic ring is 1. The van der Waals surface area contributed by atoms with Gasteiger partial charge in [-0.2, -0.15) is 0 Å². The normalized spacial score (nSPS) is 10.7. The topological polar surface area (TPSA) is 52.0 Å². The van der Waals surface area contributed by atoms with Crippen molar-refractivity contribution in [2.75, 3.05) is 5.73 Å². The Kier molecular flexibility index (Phi) is 3.20. The number of aryl methyl sites for hydroxylation is 1. The lowest BCUT2D eigenvalue weighted by Gasteiger charge is -2.03. The van der Waals surface area contributed by atoms with E-state index in [1.165, 1.54) is 5.56 Å². The fourth-order valence-electron chi connectivity index (χ4n) is 2.11. The zero-order valence-corrected chi connectivity index (χ0v) is 11.7. The van der Waals surface area contributed by atoms with Crippen molar-refractivity contribution in [3.05, 3.63) is 59.1 Å². The van der Waals surface area contributed by atoms with Crippen LogP contribution in [0.1, 0.15) is 5.56 Å². The summed E-state index contributed by atoms with van der Waals surface area (Å²) < 4.78 is 5.16. The van der Waals surface area contributed by atoms with Crippen LogP contribution in [0.5, 0.6) is 0 Å². The average molecular weight is 285 g/mol. The summed E-state index contributed by atoms with van der Waals surface area (Å²) in [7, 11) is 0. The molecule has 0 radical (unpaired) electrons. The average Bonchev–Trinajstić information content (AvgIpc) is 2.83. The van der Waals surface area contributed by atoms with Crippen molar-refractivity contribution in [2.24, 2.45) is 0 Å². The molecule has 1 heterocycles. The molecule has 0 unspecified atom stereocenters. The lowest BCUT2D eigenvalue weighted by molar-refractivity contribution is 0.439. The third-order valence-electron chi connectivity index (χ3n) is 3.18. The molecule has 0 fully saturated rings. The quantitative estimate of drug-likeness (QED) is 0.751. The van der Waals surface area contributed by atoms with Crippen LogP contribution in [0.4, 0.5) is 5.88 Å². The van der Waals surface area contributed by atoms with Crippen molar-refractivity contribution in [2.45, 2.75) is 6.92 Å². The molecule has 2 N–H and O–H groups in total. The zero-order chi connectivity index (χ0) is 14.1. The molecular weight excluding hydrogens is 272 g/mol. The largest absolute Gasteiger partial charge is 0.367 e. The smallest absolute Gasteiger partial charge is 0.230 e. The number of hydrogen-bond donors (Lipinski definition) is 1. The highest BCUT2D eigenvalue weighted by molar-refractivity contribution is 6.30. The maximum Gasteiger partial charge on any atom is 0.230 e. The number of hydrogen-bond acceptors (Lipinski definition) is 3. The monoisotopic (exact) mass is 284 g/mol. The first-order valence-corrected chi connectivity index (χ1v) is 6.61. The van der Waals surface area contributed by atoms with Gasteiger partial charge in [0.2, 0.25) is 5.88 Å². The molecule has 3 rings (SSSR count). The first-order chi connectivity index (χ1) is 9.65. The number of halogens is 1. The number of rotatable bonds is 2. The zero-order valence-electron chi connectivity index (χ0n) is 10.9. The summed E-state index contributed by atoms with van der Waals surface area (Å²) >= 11 is 5.92. The summed E-state index contributed by atoms with van der Waals surface area (Å²) in [6, 6.07) is 15.5. The second-order valence-electron chi connectivity index (χ2n) is 4.64. The second-order valence-corrected chi connectivity index (χ2v) is 5.08. The minimum Gasteiger partial charge on any atom is -0.367 e. The summed E-state index contributed by atoms with van der Waals surface area (Å²) in [4.78, 5) is 0. The molecule has 0 aliphatic rings. The molecule has 0 amide bonds. The van der Waals surface area contributed by atoms with Crippen molar-refractivity contribution in [3.63, 3.8) is 0 Å². The molecule has 2 aromatic carbocycles. The Morgan fingerprint density at radius 2 is 1.55 bits per heavy atom. The van der Waals surface area contributed by atoms with Crippen LogP contribution in [-0.4, -0.2) is 5.16 Å². The molecule has 0 aliphatic carbocycles. The van der Waals surface area contributed by atoms with Gasteiger partial charge in [0.15, 0.2) is 0 Å². The lowest BCUT2D eigenvalue weighted by Crippen LogP contribution is -1.87. The van der Waals surface area contributed by atoms with Gasteiger partial charge >= 0.3 is 0 Å². The van der Waals surface area contributed by atoms with Crippen molar-refractivity contribution in [1.29, 1.82) is 0 Å². The summed E-state index contributed by atoms with van der Waals surface area (Å²) in [5, 5.41) is 4.76. The molecule has 4 heteroatoms. The summed E-state index contributed by atoms with van der Waals surface area (Å²) in [6.45, 7) is 2.04. The number of nitrogens with two attached hydrogens (primary N) is 1. The maximum absolute atomic E-state index is 5.92. The van der Waals surface area contributed by atoms with Gasteiger partial charge in [0.1, 0.15) is 5.69 Å². The van der Waals surface area contributed by atoms with Gasteiger partial charge in [-0.1, -0.05) is 58.7 Å². The molecule has 0 atom stereocenters. The minimum absolute atomic E-state index is 0.308. The van der Waals surface area contributed by atoms with Gasteiger partial charge in [0, 0.05) is 10.6 Å². The Morgan fingerprint density at radius 1 is 0.950 bits per heavy atom. The van der Waals surface area contributed by atoms with Gasteiger partial charge in [-0.3, -0.25) is 0 Å². The third kappa shape index (κ3) is 2.28. The first kappa shape index (κ1) is 12.8. The lowest BCUT2D eigenvalue weighted by atomic mass is 10.0. The standard InChI is InChI=1S/C16H13ClN2O/c1-10-2-4-12(5-3-10)15-14(16(18)20-19-15)11-6-8-13(17)9-7-11/h2-9H,18H2,1H3. The van der Waals surface area contributed by atoms with E-state index in [-0.39, 0.29) is 0 Å². The van der Waals surface area contributed by atoms with Gasteiger partial charge in [0.25, 0.3) is 0 Å². The predicted octanol–water partition coefficient (Wildman–Crippen LogP) is 4.55. The van der Waals surface area contributed by atoms with E-state index in [9.17, 15) is 0 Å². The van der Waals surface area contributed by atoms with E-state index in [0.717, 1.165) is 22.4 Å². The van der Waals surface area contributed by atoms with E-state index in [1.54, 1.807) is 0 Å². The van der Waals surface area contributed by atoms with Crippen LogP contribution in [0.15, 0.2) is 53.1 Å². The minimum atomic E-state index is 0.308. The highest BCUT2D eigenvalue weighted by atomic mass is 35.5. The molecular formula is C16H13ClN2O. The highest BCUT2D eigenvalue weighted by Gasteiger charge is 2.17. The number of anilines is 1. The van der Waals surface area contributed by atoms with Crippen LogP contribution in [0.3, 0.4) is 0 Å². The fourth-order valence-corrected chi connectivity index (χ4v) is 2.23. The van der Waals surface area contributed by atoms with Crippen LogP contribution in [0.2, 0.25) is 5.02 Å². The van der Waals surface area contributed by atoms with E-state index in [0.29, 0.717) is 10.9 Å². The Hall–Kier alpha value is -2.26. The van der Waals surface area contributed by atoms with Gasteiger partial charge in [0.05, 0.1) is 5.56 Å². The van der Waals surface area contributed by atoms with Gasteiger partial charge in [-0.25, -0.2) is 0 Å². The number of nitrogens with zero attached hydrogens (tertiary/aromatic N) is 1. The SMILES string of the molecule is Cc1ccc(-c2noc(N)c2-c2ccc(Cl)cc2)cc1. The Labute approximate surface area is 122 Å². The Balaban J connectivity index is 2.14. The predicted molar refractivity (Wildman–Crippen MR) is 81.5 cm³/mol. The summed E-state index contributed by atoms with van der Waals surface area (Å²) in [5.74, 6) is 0.308. The van der Waals surface area contributed by atoms with E-state index in [2.05, 4.69) is 5.16 Å². The molecule has 100 valence electrons. The van der Waals surface area contributed by atoms with Crippen molar-refractivity contribution < 1.29 is 4.52 Å². The molecule has 3 aromatic rings. The van der Waals surface area contributed by atoms with Crippen LogP contribution in [0, 0.1) is 6.92 Å². The molecule has 0 spiro atoms. The first-order valence-electron chi connectivity index (χ1n) is 6.23. The molecule has 0 bridgehead atoms.